The molecular weight excluding hydrogens is 285 g/mol. The molecule has 106 valence electrons. The highest BCUT2D eigenvalue weighted by atomic mass is 35.5. The average Bonchev–Trinajstić information content (AvgIpc) is 2.32. The molecule has 1 rings (SSSR count). The third-order valence-electron chi connectivity index (χ3n) is 1.95. The number of rotatable bonds is 5. The van der Waals surface area contributed by atoms with Crippen LogP contribution in [-0.2, 0) is 11.0 Å². The van der Waals surface area contributed by atoms with Gasteiger partial charge in [-0.15, -0.1) is 0 Å². The molecule has 1 aromatic rings. The van der Waals surface area contributed by atoms with Gasteiger partial charge in [-0.3, -0.25) is 4.79 Å². The first kappa shape index (κ1) is 15.5. The second-order valence-corrected chi connectivity index (χ2v) is 3.99. The zero-order chi connectivity index (χ0) is 14.5. The van der Waals surface area contributed by atoms with E-state index in [1.54, 1.807) is 0 Å². The van der Waals surface area contributed by atoms with E-state index in [-0.39, 0.29) is 23.4 Å². The molecule has 0 aromatic carbocycles. The van der Waals surface area contributed by atoms with E-state index in [4.69, 9.17) is 11.6 Å². The minimum absolute atomic E-state index is 0.154. The molecule has 0 aliphatic heterocycles. The quantitative estimate of drug-likeness (QED) is 0.817. The normalized spacial score (nSPS) is 11.2. The molecule has 0 saturated carbocycles. The first-order valence-electron chi connectivity index (χ1n) is 5.45. The van der Waals surface area contributed by atoms with Crippen molar-refractivity contribution in [2.75, 3.05) is 18.4 Å². The molecule has 0 aliphatic rings. The number of halogens is 4. The fourth-order valence-corrected chi connectivity index (χ4v) is 1.32. The van der Waals surface area contributed by atoms with Crippen LogP contribution in [0.3, 0.4) is 0 Å². The number of amides is 1. The summed E-state index contributed by atoms with van der Waals surface area (Å²) in [7, 11) is 0. The Bertz CT molecular complexity index is 453. The summed E-state index contributed by atoms with van der Waals surface area (Å²) in [5.41, 5.74) is 0. The van der Waals surface area contributed by atoms with Crippen molar-refractivity contribution < 1.29 is 18.0 Å². The number of alkyl halides is 3. The molecular formula is C10H12ClF3N4O. The molecule has 1 heterocycles. The van der Waals surface area contributed by atoms with E-state index in [2.05, 4.69) is 20.6 Å². The van der Waals surface area contributed by atoms with Crippen LogP contribution < -0.4 is 10.6 Å². The van der Waals surface area contributed by atoms with Crippen molar-refractivity contribution in [1.82, 2.24) is 15.3 Å². The van der Waals surface area contributed by atoms with Crippen LogP contribution in [0.1, 0.15) is 19.2 Å². The highest BCUT2D eigenvalue weighted by molar-refractivity contribution is 6.29. The van der Waals surface area contributed by atoms with E-state index in [1.807, 2.05) is 6.92 Å². The summed E-state index contributed by atoms with van der Waals surface area (Å²) < 4.78 is 37.3. The fraction of sp³-hybridized carbons (Fsp3) is 0.500. The van der Waals surface area contributed by atoms with Gasteiger partial charge >= 0.3 is 6.18 Å². The molecule has 9 heteroatoms. The molecule has 1 amide bonds. The third-order valence-corrected chi connectivity index (χ3v) is 2.14. The molecule has 0 fully saturated rings. The lowest BCUT2D eigenvalue weighted by Crippen LogP contribution is -2.30. The first-order chi connectivity index (χ1) is 8.82. The van der Waals surface area contributed by atoms with Gasteiger partial charge in [0.2, 0.25) is 11.7 Å². The number of nitrogens with zero attached hydrogens (tertiary/aromatic N) is 2. The Balaban J connectivity index is 2.69. The number of carbonyl (C=O) groups is 1. The maximum Gasteiger partial charge on any atom is 0.451 e. The van der Waals surface area contributed by atoms with Crippen LogP contribution in [0.25, 0.3) is 0 Å². The zero-order valence-electron chi connectivity index (χ0n) is 10.0. The van der Waals surface area contributed by atoms with Crippen molar-refractivity contribution >= 4 is 23.3 Å². The highest BCUT2D eigenvalue weighted by Gasteiger charge is 2.35. The van der Waals surface area contributed by atoms with Gasteiger partial charge in [0.15, 0.2) is 0 Å². The van der Waals surface area contributed by atoms with Crippen molar-refractivity contribution in [2.24, 2.45) is 0 Å². The average molecular weight is 297 g/mol. The zero-order valence-corrected chi connectivity index (χ0v) is 10.8. The molecule has 0 unspecified atom stereocenters. The van der Waals surface area contributed by atoms with E-state index in [0.29, 0.717) is 6.54 Å². The number of carbonyl (C=O) groups excluding carboxylic acids is 1. The van der Waals surface area contributed by atoms with Crippen molar-refractivity contribution in [2.45, 2.75) is 19.5 Å². The molecule has 0 bridgehead atoms. The number of aromatic nitrogens is 2. The summed E-state index contributed by atoms with van der Waals surface area (Å²) in [6.07, 6.45) is -3.92. The van der Waals surface area contributed by atoms with Crippen LogP contribution in [0.4, 0.5) is 19.0 Å². The summed E-state index contributed by atoms with van der Waals surface area (Å²) in [6.45, 7) is 2.19. The van der Waals surface area contributed by atoms with Crippen LogP contribution >= 0.6 is 11.6 Å². The number of anilines is 1. The summed E-state index contributed by atoms with van der Waals surface area (Å²) in [5.74, 6) is -1.85. The summed E-state index contributed by atoms with van der Waals surface area (Å²) in [6, 6.07) is 1.11. The summed E-state index contributed by atoms with van der Waals surface area (Å²) in [4.78, 5) is 17.6. The Morgan fingerprint density at radius 2 is 2.11 bits per heavy atom. The Kier molecular flexibility index (Phi) is 5.34. The SMILES string of the molecule is CCCNC(=O)CNc1cc(Cl)nc(C(F)(F)F)n1. The molecule has 1 aromatic heterocycles. The van der Waals surface area contributed by atoms with Crippen molar-refractivity contribution in [1.29, 1.82) is 0 Å². The van der Waals surface area contributed by atoms with Gasteiger partial charge in [-0.1, -0.05) is 18.5 Å². The number of hydrogen-bond donors (Lipinski definition) is 2. The monoisotopic (exact) mass is 296 g/mol. The van der Waals surface area contributed by atoms with Gasteiger partial charge in [0.1, 0.15) is 11.0 Å². The van der Waals surface area contributed by atoms with Gasteiger partial charge in [0.25, 0.3) is 0 Å². The van der Waals surface area contributed by atoms with E-state index in [1.165, 1.54) is 0 Å². The van der Waals surface area contributed by atoms with Gasteiger partial charge in [0, 0.05) is 12.6 Å². The lowest BCUT2D eigenvalue weighted by molar-refractivity contribution is -0.144. The van der Waals surface area contributed by atoms with Gasteiger partial charge < -0.3 is 10.6 Å². The first-order valence-corrected chi connectivity index (χ1v) is 5.83. The van der Waals surface area contributed by atoms with Crippen LogP contribution in [0, 0.1) is 0 Å². The number of hydrogen-bond acceptors (Lipinski definition) is 4. The number of nitrogens with one attached hydrogen (secondary N) is 2. The van der Waals surface area contributed by atoms with Crippen molar-refractivity contribution in [3.05, 3.63) is 17.0 Å². The Morgan fingerprint density at radius 3 is 2.68 bits per heavy atom. The topological polar surface area (TPSA) is 66.9 Å². The lowest BCUT2D eigenvalue weighted by atomic mass is 10.4. The second-order valence-electron chi connectivity index (χ2n) is 3.60. The third kappa shape index (κ3) is 5.29. The van der Waals surface area contributed by atoms with E-state index in [0.717, 1.165) is 12.5 Å². The maximum absolute atomic E-state index is 12.4. The lowest BCUT2D eigenvalue weighted by Gasteiger charge is -2.09. The smallest absolute Gasteiger partial charge is 0.361 e. The Hall–Kier alpha value is -1.57. The van der Waals surface area contributed by atoms with Crippen LogP contribution in [-0.4, -0.2) is 29.0 Å². The second kappa shape index (κ2) is 6.55. The standard InChI is InChI=1S/C10H12ClF3N4O/c1-2-3-15-8(19)5-16-7-4-6(11)17-9(18-7)10(12,13)14/h4H,2-3,5H2,1H3,(H,15,19)(H,16,17,18). The summed E-state index contributed by atoms with van der Waals surface area (Å²) >= 11 is 5.46. The van der Waals surface area contributed by atoms with E-state index < -0.39 is 12.0 Å². The molecule has 0 atom stereocenters. The molecule has 0 aliphatic carbocycles. The van der Waals surface area contributed by atoms with Gasteiger partial charge in [0.05, 0.1) is 6.54 Å². The van der Waals surface area contributed by atoms with Crippen LogP contribution in [0.15, 0.2) is 6.07 Å². The summed E-state index contributed by atoms with van der Waals surface area (Å²) in [5, 5.41) is 4.67. The fourth-order valence-electron chi connectivity index (χ4n) is 1.13. The molecule has 2 N–H and O–H groups in total. The molecule has 0 radical (unpaired) electrons. The van der Waals surface area contributed by atoms with Crippen molar-refractivity contribution in [3.63, 3.8) is 0 Å². The van der Waals surface area contributed by atoms with Crippen LogP contribution in [0.5, 0.6) is 0 Å². The molecule has 19 heavy (non-hydrogen) atoms. The maximum atomic E-state index is 12.4. The van der Waals surface area contributed by atoms with Gasteiger partial charge in [-0.25, -0.2) is 9.97 Å². The van der Waals surface area contributed by atoms with E-state index >= 15 is 0 Å². The van der Waals surface area contributed by atoms with Gasteiger partial charge in [-0.2, -0.15) is 13.2 Å². The minimum Gasteiger partial charge on any atom is -0.361 e. The molecule has 0 saturated heterocycles. The predicted molar refractivity (Wildman–Crippen MR) is 63.8 cm³/mol. The van der Waals surface area contributed by atoms with E-state index in [9.17, 15) is 18.0 Å². The Labute approximate surface area is 112 Å². The van der Waals surface area contributed by atoms with Crippen LogP contribution in [0.2, 0.25) is 5.15 Å². The molecule has 0 spiro atoms. The minimum atomic E-state index is -4.69. The Morgan fingerprint density at radius 1 is 1.42 bits per heavy atom. The highest BCUT2D eigenvalue weighted by Crippen LogP contribution is 2.28. The van der Waals surface area contributed by atoms with Crippen molar-refractivity contribution in [3.8, 4) is 0 Å². The predicted octanol–water partition coefficient (Wildman–Crippen LogP) is 2.09. The van der Waals surface area contributed by atoms with Gasteiger partial charge in [-0.05, 0) is 6.42 Å². The largest absolute Gasteiger partial charge is 0.451 e. The molecule has 5 nitrogen and oxygen atoms in total.